The van der Waals surface area contributed by atoms with E-state index in [4.69, 9.17) is 9.47 Å². The number of hydrogen-bond acceptors (Lipinski definition) is 9. The van der Waals surface area contributed by atoms with Crippen LogP contribution in [0.1, 0.15) is 44.5 Å². The largest absolute Gasteiger partial charge is 0.457 e. The second-order valence-electron chi connectivity index (χ2n) is 10.6. The standard InChI is InChI=1S/C29H34FN7O2.C2H6/c1-18(2)12-31-23-11-22(8-6-19(23)3)39-25-9-7-21(10-20(25)4)35-27-26-24(33-17-34-27)13-32-28(36-26)38-16-29(30)14-37(5)15-29;1-2/h6-13,17-18,28,36H,14-16H2,1-5H3,(H,33,34,35);1-2H3. The van der Waals surface area contributed by atoms with Gasteiger partial charge in [0.1, 0.15) is 29.2 Å². The molecule has 0 spiro atoms. The van der Waals surface area contributed by atoms with E-state index in [-0.39, 0.29) is 6.61 Å². The summed E-state index contributed by atoms with van der Waals surface area (Å²) in [5.41, 5.74) is 3.68. The van der Waals surface area contributed by atoms with Gasteiger partial charge in [0, 0.05) is 31.1 Å². The lowest BCUT2D eigenvalue weighted by Crippen LogP contribution is -2.60. The highest BCUT2D eigenvalue weighted by atomic mass is 19.1. The number of nitrogens with one attached hydrogen (secondary N) is 2. The Morgan fingerprint density at radius 3 is 2.63 bits per heavy atom. The summed E-state index contributed by atoms with van der Waals surface area (Å²) in [6, 6.07) is 11.7. The summed E-state index contributed by atoms with van der Waals surface area (Å²) in [5, 5.41) is 6.52. The molecule has 218 valence electrons. The van der Waals surface area contributed by atoms with Crippen LogP contribution in [0, 0.1) is 19.8 Å². The van der Waals surface area contributed by atoms with Gasteiger partial charge in [-0.1, -0.05) is 33.8 Å². The highest BCUT2D eigenvalue weighted by molar-refractivity contribution is 5.92. The number of aliphatic imine (C=N–C) groups is 2. The molecule has 0 amide bonds. The van der Waals surface area contributed by atoms with E-state index in [0.717, 1.165) is 34.0 Å². The third-order valence-corrected chi connectivity index (χ3v) is 6.44. The number of rotatable bonds is 9. The SMILES string of the molecule is CC.Cc1ccc(Oc2ccc(Nc3ncnc4c3NC(OCC3(F)CN(C)C3)N=C4)cc2C)cc1N=CC(C)C. The molecule has 9 nitrogen and oxygen atoms in total. The third kappa shape index (κ3) is 7.65. The van der Waals surface area contributed by atoms with Gasteiger partial charge in [-0.25, -0.2) is 19.4 Å². The molecule has 0 radical (unpaired) electrons. The van der Waals surface area contributed by atoms with E-state index in [1.165, 1.54) is 6.33 Å². The minimum absolute atomic E-state index is 0.0364. The molecule has 0 aliphatic carbocycles. The molecule has 0 saturated carbocycles. The fraction of sp³-hybridized carbons (Fsp3) is 0.419. The van der Waals surface area contributed by atoms with Crippen molar-refractivity contribution in [2.24, 2.45) is 15.9 Å². The van der Waals surface area contributed by atoms with Crippen LogP contribution < -0.4 is 15.4 Å². The number of ether oxygens (including phenoxy) is 2. The summed E-state index contributed by atoms with van der Waals surface area (Å²) in [6.45, 7) is 12.9. The molecule has 1 saturated heterocycles. The number of halogens is 1. The van der Waals surface area contributed by atoms with Gasteiger partial charge >= 0.3 is 0 Å². The van der Waals surface area contributed by atoms with Crippen LogP contribution in [0.5, 0.6) is 11.5 Å². The molecule has 2 aliphatic rings. The summed E-state index contributed by atoms with van der Waals surface area (Å²) in [4.78, 5) is 19.5. The van der Waals surface area contributed by atoms with Crippen molar-refractivity contribution in [3.05, 3.63) is 59.5 Å². The normalized spacial score (nSPS) is 17.3. The van der Waals surface area contributed by atoms with Crippen LogP contribution in [0.2, 0.25) is 0 Å². The quantitative estimate of drug-likeness (QED) is 0.277. The zero-order valence-corrected chi connectivity index (χ0v) is 24.9. The summed E-state index contributed by atoms with van der Waals surface area (Å²) in [5.74, 6) is 2.41. The van der Waals surface area contributed by atoms with Crippen molar-refractivity contribution < 1.29 is 13.9 Å². The van der Waals surface area contributed by atoms with Crippen LogP contribution >= 0.6 is 0 Å². The lowest BCUT2D eigenvalue weighted by atomic mass is 9.99. The van der Waals surface area contributed by atoms with Gasteiger partial charge in [0.25, 0.3) is 0 Å². The van der Waals surface area contributed by atoms with Gasteiger partial charge in [-0.15, -0.1) is 0 Å². The maximum atomic E-state index is 14.6. The van der Waals surface area contributed by atoms with E-state index in [1.54, 1.807) is 6.21 Å². The van der Waals surface area contributed by atoms with E-state index in [1.807, 2.05) is 82.3 Å². The third-order valence-electron chi connectivity index (χ3n) is 6.44. The Morgan fingerprint density at radius 2 is 1.93 bits per heavy atom. The van der Waals surface area contributed by atoms with Gasteiger partial charge in [0.2, 0.25) is 6.35 Å². The average molecular weight is 562 g/mol. The second kappa shape index (κ2) is 13.2. The van der Waals surface area contributed by atoms with Gasteiger partial charge in [0.05, 0.1) is 18.5 Å². The van der Waals surface area contributed by atoms with Gasteiger partial charge in [-0.3, -0.25) is 9.89 Å². The summed E-state index contributed by atoms with van der Waals surface area (Å²) < 4.78 is 26.5. The number of aromatic nitrogens is 2. The molecular weight excluding hydrogens is 521 g/mol. The first-order valence-corrected chi connectivity index (χ1v) is 14.0. The van der Waals surface area contributed by atoms with Gasteiger partial charge in [-0.05, 0) is 62.2 Å². The zero-order valence-electron chi connectivity index (χ0n) is 24.9. The van der Waals surface area contributed by atoms with Crippen LogP contribution in [-0.4, -0.2) is 66.1 Å². The predicted molar refractivity (Wildman–Crippen MR) is 164 cm³/mol. The minimum Gasteiger partial charge on any atom is -0.457 e. The number of alkyl halides is 1. The van der Waals surface area contributed by atoms with Crippen molar-refractivity contribution in [3.8, 4) is 11.5 Å². The molecule has 1 atom stereocenters. The van der Waals surface area contributed by atoms with Gasteiger partial charge in [0.15, 0.2) is 11.5 Å². The first-order chi connectivity index (χ1) is 19.7. The molecule has 10 heteroatoms. The Hall–Kier alpha value is -3.89. The van der Waals surface area contributed by atoms with E-state index in [9.17, 15) is 4.39 Å². The Bertz CT molecular complexity index is 1400. The van der Waals surface area contributed by atoms with Crippen molar-refractivity contribution in [2.45, 2.75) is 53.6 Å². The van der Waals surface area contributed by atoms with Crippen LogP contribution in [-0.2, 0) is 4.74 Å². The first-order valence-electron chi connectivity index (χ1n) is 14.0. The van der Waals surface area contributed by atoms with Crippen LogP contribution in [0.4, 0.5) is 27.3 Å². The number of benzene rings is 2. The van der Waals surface area contributed by atoms with Crippen molar-refractivity contribution in [1.82, 2.24) is 14.9 Å². The number of nitrogens with zero attached hydrogens (tertiary/aromatic N) is 5. The fourth-order valence-electron chi connectivity index (χ4n) is 4.49. The van der Waals surface area contributed by atoms with E-state index in [2.05, 4.69) is 44.4 Å². The van der Waals surface area contributed by atoms with Crippen molar-refractivity contribution >= 4 is 35.3 Å². The molecule has 1 unspecified atom stereocenters. The highest BCUT2D eigenvalue weighted by Gasteiger charge is 2.42. The van der Waals surface area contributed by atoms with Crippen LogP contribution in [0.3, 0.4) is 0 Å². The maximum Gasteiger partial charge on any atom is 0.225 e. The topological polar surface area (TPSA) is 96.3 Å². The Kier molecular flexibility index (Phi) is 9.67. The summed E-state index contributed by atoms with van der Waals surface area (Å²) in [7, 11) is 1.88. The molecular formula is C31H40FN7O2. The molecule has 2 N–H and O–H groups in total. The molecule has 1 aromatic heterocycles. The lowest BCUT2D eigenvalue weighted by Gasteiger charge is -2.42. The summed E-state index contributed by atoms with van der Waals surface area (Å²) >= 11 is 0. The fourth-order valence-corrected chi connectivity index (χ4v) is 4.49. The minimum atomic E-state index is -1.34. The van der Waals surface area contributed by atoms with Crippen molar-refractivity contribution in [1.29, 1.82) is 0 Å². The molecule has 2 aliphatic heterocycles. The molecule has 5 rings (SSSR count). The van der Waals surface area contributed by atoms with Crippen LogP contribution in [0.15, 0.2) is 52.7 Å². The summed E-state index contributed by atoms with van der Waals surface area (Å²) in [6.07, 6.45) is 4.30. The number of aryl methyl sites for hydroxylation is 2. The molecule has 41 heavy (non-hydrogen) atoms. The number of hydrogen-bond donors (Lipinski definition) is 2. The van der Waals surface area contributed by atoms with Gasteiger partial charge in [-0.2, -0.15) is 0 Å². The number of likely N-dealkylation sites (tertiary alicyclic amines) is 1. The molecule has 3 heterocycles. The predicted octanol–water partition coefficient (Wildman–Crippen LogP) is 6.81. The smallest absolute Gasteiger partial charge is 0.225 e. The van der Waals surface area contributed by atoms with Crippen molar-refractivity contribution in [2.75, 3.05) is 37.4 Å². The highest BCUT2D eigenvalue weighted by Crippen LogP contribution is 2.34. The van der Waals surface area contributed by atoms with E-state index >= 15 is 0 Å². The average Bonchev–Trinajstić information content (AvgIpc) is 2.94. The van der Waals surface area contributed by atoms with Crippen molar-refractivity contribution in [3.63, 3.8) is 0 Å². The molecule has 2 aromatic carbocycles. The lowest BCUT2D eigenvalue weighted by molar-refractivity contribution is -0.0896. The Balaban J connectivity index is 0.00000189. The van der Waals surface area contributed by atoms with Gasteiger partial charge < -0.3 is 20.1 Å². The molecule has 1 fully saturated rings. The number of anilines is 3. The van der Waals surface area contributed by atoms with E-state index < -0.39 is 12.0 Å². The first kappa shape index (κ1) is 30.1. The number of fused-ring (bicyclic) bond motifs is 1. The monoisotopic (exact) mass is 561 g/mol. The molecule has 3 aromatic rings. The Morgan fingerprint density at radius 1 is 1.15 bits per heavy atom. The van der Waals surface area contributed by atoms with E-state index in [0.29, 0.717) is 36.2 Å². The van der Waals surface area contributed by atoms with Crippen LogP contribution in [0.25, 0.3) is 0 Å². The second-order valence-corrected chi connectivity index (χ2v) is 10.6. The Labute approximate surface area is 241 Å². The maximum absolute atomic E-state index is 14.6. The molecule has 0 bridgehead atoms. The zero-order chi connectivity index (χ0) is 29.6.